The highest BCUT2D eigenvalue weighted by atomic mass is 35.5. The van der Waals surface area contributed by atoms with Gasteiger partial charge in [0.25, 0.3) is 0 Å². The Kier molecular flexibility index (Phi) is 6.25. The van der Waals surface area contributed by atoms with Crippen molar-refractivity contribution in [2.75, 3.05) is 32.4 Å². The second-order valence-corrected chi connectivity index (χ2v) is 9.88. The first-order valence-corrected chi connectivity index (χ1v) is 11.6. The number of halogens is 1. The molecule has 1 amide bonds. The van der Waals surface area contributed by atoms with E-state index in [4.69, 9.17) is 11.6 Å². The maximum absolute atomic E-state index is 13.0. The third-order valence-electron chi connectivity index (χ3n) is 5.60. The summed E-state index contributed by atoms with van der Waals surface area (Å²) in [7, 11) is -3.16. The molecule has 7 heteroatoms. The average Bonchev–Trinajstić information content (AvgIpc) is 2.87. The SMILES string of the molecule is CS(=O)(=O)N1CCC(C(=O)N2CCCCC(c3ccc(Cl)cc3)C2)CC1. The highest BCUT2D eigenvalue weighted by Gasteiger charge is 2.33. The van der Waals surface area contributed by atoms with E-state index in [-0.39, 0.29) is 11.8 Å². The molecule has 1 aromatic carbocycles. The van der Waals surface area contributed by atoms with E-state index in [1.807, 2.05) is 17.0 Å². The summed E-state index contributed by atoms with van der Waals surface area (Å²) in [4.78, 5) is 15.0. The monoisotopic (exact) mass is 398 g/mol. The van der Waals surface area contributed by atoms with Gasteiger partial charge in [-0.25, -0.2) is 12.7 Å². The van der Waals surface area contributed by atoms with Crippen molar-refractivity contribution < 1.29 is 13.2 Å². The molecule has 0 bridgehead atoms. The van der Waals surface area contributed by atoms with Crippen LogP contribution in [-0.2, 0) is 14.8 Å². The van der Waals surface area contributed by atoms with Gasteiger partial charge in [0.15, 0.2) is 0 Å². The molecule has 3 rings (SSSR count). The third kappa shape index (κ3) is 4.78. The van der Waals surface area contributed by atoms with Crippen molar-refractivity contribution >= 4 is 27.5 Å². The van der Waals surface area contributed by atoms with E-state index in [1.54, 1.807) is 0 Å². The molecule has 5 nitrogen and oxygen atoms in total. The number of amides is 1. The van der Waals surface area contributed by atoms with E-state index in [0.29, 0.717) is 31.8 Å². The lowest BCUT2D eigenvalue weighted by Crippen LogP contribution is -2.45. The van der Waals surface area contributed by atoms with Gasteiger partial charge >= 0.3 is 0 Å². The summed E-state index contributed by atoms with van der Waals surface area (Å²) < 4.78 is 24.8. The first-order chi connectivity index (χ1) is 12.3. The minimum atomic E-state index is -3.16. The summed E-state index contributed by atoms with van der Waals surface area (Å²) in [6.07, 6.45) is 5.70. The van der Waals surface area contributed by atoms with Crippen molar-refractivity contribution in [1.82, 2.24) is 9.21 Å². The maximum Gasteiger partial charge on any atom is 0.225 e. The normalized spacial score (nSPS) is 23.6. The van der Waals surface area contributed by atoms with Crippen LogP contribution in [0, 0.1) is 5.92 Å². The van der Waals surface area contributed by atoms with Gasteiger partial charge in [0.1, 0.15) is 0 Å². The van der Waals surface area contributed by atoms with Gasteiger partial charge in [-0.1, -0.05) is 30.2 Å². The number of nitrogens with zero attached hydrogens (tertiary/aromatic N) is 2. The number of benzene rings is 1. The lowest BCUT2D eigenvalue weighted by Gasteiger charge is -2.33. The second kappa shape index (κ2) is 8.28. The van der Waals surface area contributed by atoms with E-state index in [0.717, 1.165) is 37.4 Å². The lowest BCUT2D eigenvalue weighted by atomic mass is 9.93. The summed E-state index contributed by atoms with van der Waals surface area (Å²) in [5.74, 6) is 0.478. The fraction of sp³-hybridized carbons (Fsp3) is 0.632. The molecule has 0 spiro atoms. The molecule has 2 saturated heterocycles. The van der Waals surface area contributed by atoms with Crippen LogP contribution in [0.3, 0.4) is 0 Å². The smallest absolute Gasteiger partial charge is 0.225 e. The number of hydrogen-bond acceptors (Lipinski definition) is 3. The number of carbonyl (C=O) groups excluding carboxylic acids is 1. The van der Waals surface area contributed by atoms with Crippen molar-refractivity contribution in [2.24, 2.45) is 5.92 Å². The van der Waals surface area contributed by atoms with Crippen LogP contribution >= 0.6 is 11.6 Å². The Balaban J connectivity index is 1.64. The summed E-state index contributed by atoms with van der Waals surface area (Å²) in [5.41, 5.74) is 1.24. The minimum absolute atomic E-state index is 0.0584. The third-order valence-corrected chi connectivity index (χ3v) is 7.15. The van der Waals surface area contributed by atoms with Crippen LogP contribution in [0.5, 0.6) is 0 Å². The van der Waals surface area contributed by atoms with Gasteiger partial charge in [0.2, 0.25) is 15.9 Å². The fourth-order valence-electron chi connectivity index (χ4n) is 4.04. The molecule has 0 saturated carbocycles. The number of likely N-dealkylation sites (tertiary alicyclic amines) is 1. The molecule has 2 fully saturated rings. The number of rotatable bonds is 3. The zero-order chi connectivity index (χ0) is 18.7. The van der Waals surface area contributed by atoms with Gasteiger partial charge in [0, 0.05) is 43.0 Å². The molecule has 0 aliphatic carbocycles. The Morgan fingerprint density at radius 1 is 1.04 bits per heavy atom. The number of carbonyl (C=O) groups is 1. The Morgan fingerprint density at radius 3 is 2.31 bits per heavy atom. The molecule has 2 aliphatic rings. The van der Waals surface area contributed by atoms with E-state index in [2.05, 4.69) is 12.1 Å². The van der Waals surface area contributed by atoms with Gasteiger partial charge in [-0.05, 0) is 43.4 Å². The molecule has 0 radical (unpaired) electrons. The molecule has 2 heterocycles. The van der Waals surface area contributed by atoms with Crippen molar-refractivity contribution in [2.45, 2.75) is 38.0 Å². The zero-order valence-electron chi connectivity index (χ0n) is 15.2. The summed E-state index contributed by atoms with van der Waals surface area (Å²) in [6, 6.07) is 7.95. The fourth-order valence-corrected chi connectivity index (χ4v) is 5.04. The Morgan fingerprint density at radius 2 is 1.69 bits per heavy atom. The molecule has 0 aromatic heterocycles. The van der Waals surface area contributed by atoms with Crippen LogP contribution in [0.4, 0.5) is 0 Å². The Bertz CT molecular complexity index is 728. The van der Waals surface area contributed by atoms with Crippen LogP contribution in [0.2, 0.25) is 5.02 Å². The molecule has 2 aliphatic heterocycles. The van der Waals surface area contributed by atoms with Crippen molar-refractivity contribution in [3.63, 3.8) is 0 Å². The number of hydrogen-bond donors (Lipinski definition) is 0. The number of sulfonamides is 1. The minimum Gasteiger partial charge on any atom is -0.342 e. The van der Waals surface area contributed by atoms with E-state index < -0.39 is 10.0 Å². The van der Waals surface area contributed by atoms with E-state index >= 15 is 0 Å². The van der Waals surface area contributed by atoms with Gasteiger partial charge in [-0.15, -0.1) is 0 Å². The molecule has 26 heavy (non-hydrogen) atoms. The molecule has 1 unspecified atom stereocenters. The van der Waals surface area contributed by atoms with Crippen molar-refractivity contribution in [3.8, 4) is 0 Å². The van der Waals surface area contributed by atoms with Crippen LogP contribution in [0.25, 0.3) is 0 Å². The largest absolute Gasteiger partial charge is 0.342 e. The first-order valence-electron chi connectivity index (χ1n) is 9.34. The first kappa shape index (κ1) is 19.6. The summed E-state index contributed by atoms with van der Waals surface area (Å²) >= 11 is 6.00. The molecule has 0 N–H and O–H groups in total. The van der Waals surface area contributed by atoms with Crippen molar-refractivity contribution in [1.29, 1.82) is 0 Å². The van der Waals surface area contributed by atoms with Gasteiger partial charge in [-0.3, -0.25) is 4.79 Å². The topological polar surface area (TPSA) is 57.7 Å². The van der Waals surface area contributed by atoms with E-state index in [9.17, 15) is 13.2 Å². The molecular formula is C19H27ClN2O3S. The highest BCUT2D eigenvalue weighted by Crippen LogP contribution is 2.29. The van der Waals surface area contributed by atoms with Crippen LogP contribution in [0.1, 0.15) is 43.6 Å². The molecule has 144 valence electrons. The lowest BCUT2D eigenvalue weighted by molar-refractivity contribution is -0.136. The Hall–Kier alpha value is -1.11. The van der Waals surface area contributed by atoms with Crippen LogP contribution in [0.15, 0.2) is 24.3 Å². The van der Waals surface area contributed by atoms with Crippen LogP contribution < -0.4 is 0 Å². The summed E-state index contributed by atoms with van der Waals surface area (Å²) in [6.45, 7) is 2.44. The molecular weight excluding hydrogens is 372 g/mol. The predicted octanol–water partition coefficient (Wildman–Crippen LogP) is 3.11. The second-order valence-electron chi connectivity index (χ2n) is 7.46. The Labute approximate surface area is 161 Å². The summed E-state index contributed by atoms with van der Waals surface area (Å²) in [5, 5.41) is 0.730. The standard InChI is InChI=1S/C19H27ClN2O3S/c1-26(24,25)22-12-9-16(10-13-22)19(23)21-11-3-2-4-17(14-21)15-5-7-18(20)8-6-15/h5-8,16-17H,2-4,9-14H2,1H3. The van der Waals surface area contributed by atoms with Gasteiger partial charge in [0.05, 0.1) is 6.26 Å². The molecule has 1 atom stereocenters. The van der Waals surface area contributed by atoms with Crippen LogP contribution in [-0.4, -0.2) is 56.0 Å². The number of piperidine rings is 1. The average molecular weight is 399 g/mol. The van der Waals surface area contributed by atoms with Crippen molar-refractivity contribution in [3.05, 3.63) is 34.9 Å². The maximum atomic E-state index is 13.0. The molecule has 1 aromatic rings. The van der Waals surface area contributed by atoms with E-state index in [1.165, 1.54) is 16.1 Å². The predicted molar refractivity (Wildman–Crippen MR) is 104 cm³/mol. The highest BCUT2D eigenvalue weighted by molar-refractivity contribution is 7.88. The zero-order valence-corrected chi connectivity index (χ0v) is 16.8. The van der Waals surface area contributed by atoms with Gasteiger partial charge < -0.3 is 4.90 Å². The van der Waals surface area contributed by atoms with Gasteiger partial charge in [-0.2, -0.15) is 0 Å². The quantitative estimate of drug-likeness (QED) is 0.786.